The number of rotatable bonds is 19. The summed E-state index contributed by atoms with van der Waals surface area (Å²) < 4.78 is 27.6. The number of anilines is 2. The van der Waals surface area contributed by atoms with Crippen LogP contribution in [0.4, 0.5) is 16.8 Å². The topological polar surface area (TPSA) is 113 Å². The van der Waals surface area contributed by atoms with Crippen molar-refractivity contribution in [2.24, 2.45) is 4.99 Å². The highest BCUT2D eigenvalue weighted by atomic mass is 32.1. The Balaban J connectivity index is 1.61. The predicted octanol–water partition coefficient (Wildman–Crippen LogP) is 9.50. The Morgan fingerprint density at radius 3 is 2.30 bits per heavy atom. The molecule has 0 fully saturated rings. The van der Waals surface area contributed by atoms with E-state index >= 15 is 0 Å². The highest BCUT2D eigenvalue weighted by Crippen LogP contribution is 2.42. The lowest BCUT2D eigenvalue weighted by Gasteiger charge is -2.42. The summed E-state index contributed by atoms with van der Waals surface area (Å²) >= 11 is 3.03. The van der Waals surface area contributed by atoms with Crippen molar-refractivity contribution in [3.63, 3.8) is 0 Å². The van der Waals surface area contributed by atoms with Gasteiger partial charge in [0.25, 0.3) is 0 Å². The maximum absolute atomic E-state index is 13.2. The van der Waals surface area contributed by atoms with Crippen LogP contribution in [0.25, 0.3) is 10.2 Å². The third-order valence-corrected chi connectivity index (χ3v) is 19.7. The van der Waals surface area contributed by atoms with Crippen LogP contribution in [0.5, 0.6) is 0 Å². The van der Waals surface area contributed by atoms with Crippen molar-refractivity contribution in [3.8, 4) is 0 Å². The summed E-state index contributed by atoms with van der Waals surface area (Å²) in [7, 11) is 0.252. The van der Waals surface area contributed by atoms with E-state index in [-0.39, 0.29) is 12.7 Å². The van der Waals surface area contributed by atoms with Gasteiger partial charge in [0.1, 0.15) is 6.73 Å². The Hall–Kier alpha value is -2.80. The number of para-hydroxylation sites is 1. The number of fused-ring (bicyclic) bond motifs is 1. The van der Waals surface area contributed by atoms with Gasteiger partial charge in [0.2, 0.25) is 0 Å². The lowest BCUT2D eigenvalue weighted by atomic mass is 10.2. The average molecular weight is 801 g/mol. The second-order valence-electron chi connectivity index (χ2n) is 15.7. The van der Waals surface area contributed by atoms with Gasteiger partial charge in [0, 0.05) is 40.1 Å². The third-order valence-electron chi connectivity index (χ3n) is 9.71. The highest BCUT2D eigenvalue weighted by molar-refractivity contribution is 7.16. The van der Waals surface area contributed by atoms with Gasteiger partial charge in [-0.05, 0) is 60.3 Å². The summed E-state index contributed by atoms with van der Waals surface area (Å²) in [5.41, 5.74) is 3.58. The lowest BCUT2D eigenvalue weighted by Crippen LogP contribution is -2.49. The first-order valence-corrected chi connectivity index (χ1v) is 26.1. The normalized spacial score (nSPS) is 13.5. The van der Waals surface area contributed by atoms with Crippen molar-refractivity contribution in [1.82, 2.24) is 19.7 Å². The van der Waals surface area contributed by atoms with Crippen LogP contribution in [-0.2, 0) is 31.8 Å². The zero-order valence-corrected chi connectivity index (χ0v) is 37.6. The van der Waals surface area contributed by atoms with Crippen molar-refractivity contribution >= 4 is 72.0 Å². The second kappa shape index (κ2) is 18.7. The average Bonchev–Trinajstić information content (AvgIpc) is 3.67. The maximum atomic E-state index is 13.2. The number of hydrogen-bond acceptors (Lipinski definition) is 12. The molecule has 4 rings (SSSR count). The number of carbonyl (C=O) groups excluding carboxylic acids is 1. The van der Waals surface area contributed by atoms with Crippen molar-refractivity contribution < 1.29 is 23.4 Å². The number of carbonyl (C=O) groups is 1. The Labute approximate surface area is 325 Å². The van der Waals surface area contributed by atoms with Crippen molar-refractivity contribution in [1.29, 1.82) is 0 Å². The molecule has 4 aromatic rings. The van der Waals surface area contributed by atoms with Gasteiger partial charge in [-0.15, -0.1) is 21.5 Å². The molecular weight excluding hydrogens is 741 g/mol. The predicted molar refractivity (Wildman–Crippen MR) is 224 cm³/mol. The third kappa shape index (κ3) is 10.5. The monoisotopic (exact) mass is 800 g/mol. The van der Waals surface area contributed by atoms with E-state index in [9.17, 15) is 4.79 Å². The largest absolute Gasteiger partial charge is 0.461 e. The number of nitrogens with zero attached hydrogens (tertiary/aromatic N) is 6. The number of benzene rings is 1. The van der Waals surface area contributed by atoms with Crippen LogP contribution in [0.15, 0.2) is 35.3 Å². The lowest BCUT2D eigenvalue weighted by molar-refractivity contribution is 0.0487. The van der Waals surface area contributed by atoms with Crippen LogP contribution < -0.4 is 9.70 Å². The molecule has 0 aliphatic rings. The fraction of sp³-hybridized carbons (Fsp3) is 0.605. The van der Waals surface area contributed by atoms with Crippen LogP contribution in [0.3, 0.4) is 0 Å². The first kappa shape index (κ1) is 42.9. The van der Waals surface area contributed by atoms with Gasteiger partial charge in [-0.1, -0.05) is 84.7 Å². The Morgan fingerprint density at radius 1 is 1.02 bits per heavy atom. The van der Waals surface area contributed by atoms with Crippen molar-refractivity contribution in [2.45, 2.75) is 117 Å². The minimum absolute atomic E-state index is 0.253. The molecule has 53 heavy (non-hydrogen) atoms. The summed E-state index contributed by atoms with van der Waals surface area (Å²) in [6.45, 7) is 26.3. The molecule has 1 aromatic carbocycles. The Bertz CT molecular complexity index is 1860. The minimum atomic E-state index is -2.11. The molecule has 0 amide bonds. The smallest absolute Gasteiger partial charge is 0.358 e. The van der Waals surface area contributed by atoms with Gasteiger partial charge >= 0.3 is 5.97 Å². The molecule has 1 atom stereocenters. The van der Waals surface area contributed by atoms with E-state index in [1.807, 2.05) is 37.1 Å². The number of aromatic nitrogens is 4. The van der Waals surface area contributed by atoms with Gasteiger partial charge in [-0.2, -0.15) is 4.99 Å². The quantitative estimate of drug-likeness (QED) is 0.0520. The molecule has 0 aliphatic heterocycles. The fourth-order valence-electron chi connectivity index (χ4n) is 6.83. The number of thiazole rings is 2. The van der Waals surface area contributed by atoms with Crippen LogP contribution in [0.2, 0.25) is 42.3 Å². The van der Waals surface area contributed by atoms with E-state index in [2.05, 4.69) is 88.1 Å². The highest BCUT2D eigenvalue weighted by Gasteiger charge is 2.45. The van der Waals surface area contributed by atoms with E-state index in [1.54, 1.807) is 25.4 Å². The first-order valence-electron chi connectivity index (χ1n) is 18.6. The molecule has 0 saturated carbocycles. The standard InChI is InChI=1S/C38H60N6O5S2Si2/c1-14-48-36(45)34-32(22-29(46-10)23-49-53(25(2)3,26(4)5)27(6)7)51-37(39-34)43(9)33-21-28(8)35(42-41-33)40-38-44(24-47-19-20-52(11,12)13)30-17-15-16-18-31(30)50-38/h15-18,21,25-27,29H,14,19-20,22-24H2,1-13H3. The Kier molecular flexibility index (Phi) is 15.1. The van der Waals surface area contributed by atoms with E-state index in [4.69, 9.17) is 28.6 Å². The number of hydrogen-bond donors (Lipinski definition) is 0. The molecule has 3 heterocycles. The summed E-state index contributed by atoms with van der Waals surface area (Å²) in [5, 5.41) is 9.72. The van der Waals surface area contributed by atoms with E-state index in [1.165, 1.54) is 11.3 Å². The van der Waals surface area contributed by atoms with Crippen molar-refractivity contribution in [2.75, 3.05) is 38.9 Å². The van der Waals surface area contributed by atoms with Gasteiger partial charge in [0.15, 0.2) is 35.6 Å². The fourth-order valence-corrected chi connectivity index (χ4v) is 15.2. The van der Waals surface area contributed by atoms with Gasteiger partial charge in [0.05, 0.1) is 29.5 Å². The summed E-state index contributed by atoms with van der Waals surface area (Å²) in [4.78, 5) is 26.3. The number of ether oxygens (including phenoxy) is 3. The van der Waals surface area contributed by atoms with E-state index < -0.39 is 22.4 Å². The van der Waals surface area contributed by atoms with Gasteiger partial charge < -0.3 is 23.5 Å². The molecule has 11 nitrogen and oxygen atoms in total. The summed E-state index contributed by atoms with van der Waals surface area (Å²) in [6, 6.07) is 11.3. The first-order chi connectivity index (χ1) is 25.0. The molecule has 0 spiro atoms. The zero-order valence-electron chi connectivity index (χ0n) is 34.0. The molecule has 15 heteroatoms. The SMILES string of the molecule is CCOC(=O)c1nc(N(C)c2cc(C)c(N=c3sc4ccccc4n3COCC[Si](C)(C)C)nn2)sc1CC(CO[Si](C(C)C)(C(C)C)C(C)C)OC. The van der Waals surface area contributed by atoms with Crippen LogP contribution >= 0.6 is 22.7 Å². The second-order valence-corrected chi connectivity index (χ2v) is 28.8. The van der Waals surface area contributed by atoms with Gasteiger partial charge in [-0.3, -0.25) is 4.57 Å². The minimum Gasteiger partial charge on any atom is -0.461 e. The van der Waals surface area contributed by atoms with Crippen LogP contribution in [0.1, 0.15) is 69.4 Å². The molecule has 0 aliphatic carbocycles. The molecule has 1 unspecified atom stereocenters. The molecule has 0 N–H and O–H groups in total. The summed E-state index contributed by atoms with van der Waals surface area (Å²) in [6.07, 6.45) is 0.212. The van der Waals surface area contributed by atoms with Crippen LogP contribution in [-0.4, -0.2) is 82.2 Å². The summed E-state index contributed by atoms with van der Waals surface area (Å²) in [5.74, 6) is 0.662. The van der Waals surface area contributed by atoms with E-state index in [0.717, 1.165) is 38.1 Å². The molecular formula is C38H60N6O5S2Si2. The molecule has 3 aromatic heterocycles. The number of methoxy groups -OCH3 is 1. The van der Waals surface area contributed by atoms with Crippen molar-refractivity contribution in [3.05, 3.63) is 51.3 Å². The Morgan fingerprint density at radius 2 is 1.70 bits per heavy atom. The molecule has 0 saturated heterocycles. The number of aryl methyl sites for hydroxylation is 1. The molecule has 292 valence electrons. The van der Waals surface area contributed by atoms with Gasteiger partial charge in [-0.25, -0.2) is 9.78 Å². The number of esters is 1. The molecule has 0 bridgehead atoms. The zero-order chi connectivity index (χ0) is 39.1. The maximum Gasteiger partial charge on any atom is 0.358 e. The molecule has 0 radical (unpaired) electrons. The van der Waals surface area contributed by atoms with Crippen LogP contribution in [0, 0.1) is 6.92 Å². The van der Waals surface area contributed by atoms with E-state index in [0.29, 0.717) is 58.8 Å².